The van der Waals surface area contributed by atoms with Crippen LogP contribution in [0.5, 0.6) is 0 Å². The van der Waals surface area contributed by atoms with Crippen molar-refractivity contribution in [1.29, 1.82) is 0 Å². The highest BCUT2D eigenvalue weighted by Crippen LogP contribution is 2.27. The van der Waals surface area contributed by atoms with Gasteiger partial charge in [0.1, 0.15) is 0 Å². The first-order valence-corrected chi connectivity index (χ1v) is 8.52. The molecule has 0 spiro atoms. The molecule has 0 aromatic carbocycles. The number of thioether (sulfide) groups is 1. The largest absolute Gasteiger partial charge is 0.261 e. The molecule has 0 N–H and O–H groups in total. The van der Waals surface area contributed by atoms with Crippen LogP contribution in [-0.4, -0.2) is 11.5 Å². The van der Waals surface area contributed by atoms with Crippen LogP contribution in [0.3, 0.4) is 0 Å². The van der Waals surface area contributed by atoms with Crippen LogP contribution in [0.15, 0.2) is 63.7 Å². The Labute approximate surface area is 134 Å². The van der Waals surface area contributed by atoms with Crippen molar-refractivity contribution in [3.05, 3.63) is 58.7 Å². The Morgan fingerprint density at radius 3 is 2.62 bits per heavy atom. The molecule has 1 heterocycles. The fourth-order valence-corrected chi connectivity index (χ4v) is 2.79. The molecule has 2 heteroatoms. The zero-order valence-corrected chi connectivity index (χ0v) is 14.7. The van der Waals surface area contributed by atoms with Crippen LogP contribution in [0.1, 0.15) is 41.0 Å². The molecule has 1 rings (SSSR count). The van der Waals surface area contributed by atoms with Gasteiger partial charge in [0.2, 0.25) is 0 Å². The maximum Gasteiger partial charge on any atom is 0.0533 e. The van der Waals surface area contributed by atoms with Gasteiger partial charge in [-0.25, -0.2) is 0 Å². The molecule has 0 bridgehead atoms. The van der Waals surface area contributed by atoms with E-state index in [0.717, 1.165) is 12.2 Å². The lowest BCUT2D eigenvalue weighted by Crippen LogP contribution is -2.02. The third-order valence-corrected chi connectivity index (χ3v) is 4.20. The van der Waals surface area contributed by atoms with E-state index < -0.39 is 0 Å². The van der Waals surface area contributed by atoms with E-state index in [4.69, 9.17) is 0 Å². The lowest BCUT2D eigenvalue weighted by molar-refractivity contribution is 0.825. The molecule has 21 heavy (non-hydrogen) atoms. The quantitative estimate of drug-likeness (QED) is 0.541. The summed E-state index contributed by atoms with van der Waals surface area (Å²) in [4.78, 5) is 5.98. The van der Waals surface area contributed by atoms with Gasteiger partial charge in [0, 0.05) is 22.8 Å². The number of nitrogens with zero attached hydrogens (tertiary/aromatic N) is 1. The second kappa shape index (κ2) is 9.62. The fourth-order valence-electron chi connectivity index (χ4n) is 2.00. The van der Waals surface area contributed by atoms with E-state index in [1.807, 2.05) is 11.8 Å². The first-order valence-electron chi connectivity index (χ1n) is 7.54. The van der Waals surface area contributed by atoms with Crippen molar-refractivity contribution < 1.29 is 0 Å². The van der Waals surface area contributed by atoms with Crippen LogP contribution in [0.4, 0.5) is 0 Å². The summed E-state index contributed by atoms with van der Waals surface area (Å²) in [5.41, 5.74) is 3.74. The molecule has 1 aliphatic heterocycles. The molecule has 0 amide bonds. The van der Waals surface area contributed by atoms with E-state index in [-0.39, 0.29) is 0 Å². The summed E-state index contributed by atoms with van der Waals surface area (Å²) in [6.45, 7) is 10.8. The summed E-state index contributed by atoms with van der Waals surface area (Å²) in [6.07, 6.45) is 15.8. The zero-order chi connectivity index (χ0) is 15.7. The number of hydrogen-bond acceptors (Lipinski definition) is 2. The van der Waals surface area contributed by atoms with Gasteiger partial charge in [-0.2, -0.15) is 0 Å². The molecule has 114 valence electrons. The number of hydrogen-bond donors (Lipinski definition) is 0. The molecule has 1 nitrogen and oxygen atoms in total. The third-order valence-electron chi connectivity index (χ3n) is 2.97. The van der Waals surface area contributed by atoms with Crippen LogP contribution < -0.4 is 0 Å². The Kier molecular flexibility index (Phi) is 8.14. The minimum atomic E-state index is 0.604. The SMILES string of the molecule is CC1=NC(C/C=C/C=C\C=C/C(C)=C/C(C)C)=C(C)SC1. The third kappa shape index (κ3) is 7.91. The summed E-state index contributed by atoms with van der Waals surface area (Å²) in [5, 5.41) is 0. The summed E-state index contributed by atoms with van der Waals surface area (Å²) < 4.78 is 0. The molecule has 0 saturated heterocycles. The van der Waals surface area contributed by atoms with E-state index in [9.17, 15) is 0 Å². The van der Waals surface area contributed by atoms with Crippen molar-refractivity contribution in [3.63, 3.8) is 0 Å². The topological polar surface area (TPSA) is 12.4 Å². The lowest BCUT2D eigenvalue weighted by Gasteiger charge is -2.12. The van der Waals surface area contributed by atoms with Gasteiger partial charge < -0.3 is 0 Å². The van der Waals surface area contributed by atoms with E-state index in [0.29, 0.717) is 5.92 Å². The van der Waals surface area contributed by atoms with Crippen LogP contribution >= 0.6 is 11.8 Å². The Morgan fingerprint density at radius 1 is 1.19 bits per heavy atom. The first-order chi connectivity index (χ1) is 9.99. The molecular formula is C19H27NS. The second-order valence-electron chi connectivity index (χ2n) is 5.67. The summed E-state index contributed by atoms with van der Waals surface area (Å²) in [6, 6.07) is 0. The molecule has 1 aliphatic rings. The minimum absolute atomic E-state index is 0.604. The number of rotatable bonds is 6. The monoisotopic (exact) mass is 301 g/mol. The van der Waals surface area contributed by atoms with Crippen molar-refractivity contribution in [2.45, 2.75) is 41.0 Å². The molecule has 0 aromatic rings. The van der Waals surface area contributed by atoms with Crippen LogP contribution in [0.25, 0.3) is 0 Å². The predicted octanol–water partition coefficient (Wildman–Crippen LogP) is 6.09. The van der Waals surface area contributed by atoms with Crippen LogP contribution in [-0.2, 0) is 0 Å². The summed E-state index contributed by atoms with van der Waals surface area (Å²) >= 11 is 1.89. The van der Waals surface area contributed by atoms with Gasteiger partial charge in [-0.1, -0.05) is 62.0 Å². The van der Waals surface area contributed by atoms with Gasteiger partial charge in [0.25, 0.3) is 0 Å². The molecule has 0 aromatic heterocycles. The highest BCUT2D eigenvalue weighted by Gasteiger charge is 2.07. The average Bonchev–Trinajstić information content (AvgIpc) is 2.40. The van der Waals surface area contributed by atoms with Crippen molar-refractivity contribution in [2.24, 2.45) is 10.9 Å². The lowest BCUT2D eigenvalue weighted by atomic mass is 10.1. The van der Waals surface area contributed by atoms with Gasteiger partial charge >= 0.3 is 0 Å². The Balaban J connectivity index is 2.42. The van der Waals surface area contributed by atoms with Gasteiger partial charge in [0.15, 0.2) is 0 Å². The van der Waals surface area contributed by atoms with E-state index >= 15 is 0 Å². The Bertz CT molecular complexity index is 514. The van der Waals surface area contributed by atoms with Crippen molar-refractivity contribution in [3.8, 4) is 0 Å². The van der Waals surface area contributed by atoms with Gasteiger partial charge in [0.05, 0.1) is 5.70 Å². The zero-order valence-electron chi connectivity index (χ0n) is 13.9. The maximum atomic E-state index is 4.63. The Hall–Kier alpha value is -1.28. The fraction of sp³-hybridized carbons (Fsp3) is 0.421. The number of allylic oxidation sites excluding steroid dienone is 9. The smallest absolute Gasteiger partial charge is 0.0533 e. The van der Waals surface area contributed by atoms with Crippen molar-refractivity contribution in [1.82, 2.24) is 0 Å². The summed E-state index contributed by atoms with van der Waals surface area (Å²) in [5.74, 6) is 1.64. The van der Waals surface area contributed by atoms with Crippen LogP contribution in [0, 0.1) is 5.92 Å². The molecule has 0 saturated carbocycles. The predicted molar refractivity (Wildman–Crippen MR) is 98.9 cm³/mol. The van der Waals surface area contributed by atoms with Crippen LogP contribution in [0.2, 0.25) is 0 Å². The van der Waals surface area contributed by atoms with E-state index in [1.54, 1.807) is 0 Å². The number of aliphatic imine (C=N–C) groups is 1. The van der Waals surface area contributed by atoms with Crippen molar-refractivity contribution >= 4 is 17.5 Å². The van der Waals surface area contributed by atoms with E-state index in [1.165, 1.54) is 21.9 Å². The standard InChI is InChI=1S/C19H27NS/c1-15(2)13-16(3)11-9-7-6-8-10-12-19-18(5)21-14-17(4)20-19/h6-11,13,15H,12,14H2,1-5H3/b7-6-,10-8+,11-9-,16-13+. The minimum Gasteiger partial charge on any atom is -0.261 e. The van der Waals surface area contributed by atoms with Crippen molar-refractivity contribution in [2.75, 3.05) is 5.75 Å². The highest BCUT2D eigenvalue weighted by molar-refractivity contribution is 8.03. The van der Waals surface area contributed by atoms with Gasteiger partial charge in [-0.05, 0) is 26.7 Å². The normalized spacial score (nSPS) is 17.8. The molecule has 0 atom stereocenters. The first kappa shape index (κ1) is 17.8. The Morgan fingerprint density at radius 2 is 1.90 bits per heavy atom. The highest BCUT2D eigenvalue weighted by atomic mass is 32.2. The van der Waals surface area contributed by atoms with E-state index in [2.05, 4.69) is 82.1 Å². The maximum absolute atomic E-state index is 4.63. The van der Waals surface area contributed by atoms with Gasteiger partial charge in [-0.15, -0.1) is 11.8 Å². The molecular weight excluding hydrogens is 274 g/mol. The molecule has 0 fully saturated rings. The second-order valence-corrected chi connectivity index (χ2v) is 6.86. The molecule has 0 aliphatic carbocycles. The molecule has 0 radical (unpaired) electrons. The average molecular weight is 301 g/mol. The van der Waals surface area contributed by atoms with Gasteiger partial charge in [-0.3, -0.25) is 4.99 Å². The summed E-state index contributed by atoms with van der Waals surface area (Å²) in [7, 11) is 0. The molecule has 0 unspecified atom stereocenters.